The molecular formula is C18H14N2O6S3. The Morgan fingerprint density at radius 3 is 1.45 bits per heavy atom. The molecule has 0 saturated heterocycles. The summed E-state index contributed by atoms with van der Waals surface area (Å²) in [4.78, 5) is 23.7. The van der Waals surface area contributed by atoms with Crippen LogP contribution in [0.2, 0.25) is 0 Å². The predicted molar refractivity (Wildman–Crippen MR) is 117 cm³/mol. The average molecular weight is 451 g/mol. The summed E-state index contributed by atoms with van der Waals surface area (Å²) in [6.07, 6.45) is 6.39. The fourth-order valence-corrected chi connectivity index (χ4v) is 4.90. The first-order chi connectivity index (χ1) is 13.9. The van der Waals surface area contributed by atoms with Crippen molar-refractivity contribution in [2.24, 2.45) is 0 Å². The molecule has 3 aromatic heterocycles. The fraction of sp³-hybridized carbons (Fsp3) is 0.111. The Balaban J connectivity index is 2.00. The largest absolute Gasteiger partial charge is 0.487 e. The lowest BCUT2D eigenvalue weighted by Gasteiger charge is -1.91. The molecule has 8 nitrogen and oxygen atoms in total. The van der Waals surface area contributed by atoms with E-state index in [9.17, 15) is 20.2 Å². The van der Waals surface area contributed by atoms with Crippen LogP contribution in [0.5, 0.6) is 10.1 Å². The van der Waals surface area contributed by atoms with Crippen molar-refractivity contribution in [3.8, 4) is 10.1 Å². The molecule has 3 rings (SSSR count). The van der Waals surface area contributed by atoms with Crippen LogP contribution in [0.1, 0.15) is 19.5 Å². The number of thiophene rings is 3. The van der Waals surface area contributed by atoms with Crippen molar-refractivity contribution in [1.82, 2.24) is 0 Å². The highest BCUT2D eigenvalue weighted by Gasteiger charge is 2.34. The zero-order chi connectivity index (χ0) is 21.0. The van der Waals surface area contributed by atoms with E-state index in [0.717, 1.165) is 21.1 Å². The Hall–Kier alpha value is -3.02. The summed E-state index contributed by atoms with van der Waals surface area (Å²) < 4.78 is 10.2. The minimum atomic E-state index is -0.713. The standard InChI is InChI=1S/C18H14N2O6S3/c1-25-15-9-5-11(27-15)3-7-13-17(19(21)22)18(20(23)24)14(29-13)8-4-12-6-10-16(26-2)28-12/h3-10H,1-2H3. The van der Waals surface area contributed by atoms with Gasteiger partial charge in [-0.05, 0) is 48.6 Å². The highest BCUT2D eigenvalue weighted by atomic mass is 32.1. The zero-order valence-corrected chi connectivity index (χ0v) is 17.6. The van der Waals surface area contributed by atoms with Crippen LogP contribution in [0.25, 0.3) is 24.3 Å². The van der Waals surface area contributed by atoms with Gasteiger partial charge >= 0.3 is 11.4 Å². The molecule has 3 aromatic rings. The molecule has 3 heterocycles. The molecule has 0 N–H and O–H groups in total. The van der Waals surface area contributed by atoms with Gasteiger partial charge in [-0.2, -0.15) is 0 Å². The molecule has 0 aliphatic carbocycles. The van der Waals surface area contributed by atoms with Crippen LogP contribution < -0.4 is 9.47 Å². The van der Waals surface area contributed by atoms with E-state index >= 15 is 0 Å². The van der Waals surface area contributed by atoms with Gasteiger partial charge in [0.2, 0.25) is 0 Å². The van der Waals surface area contributed by atoms with E-state index in [1.165, 1.54) is 34.8 Å². The van der Waals surface area contributed by atoms with Crippen LogP contribution >= 0.6 is 34.0 Å². The van der Waals surface area contributed by atoms with Crippen LogP contribution in [0, 0.1) is 20.2 Å². The first-order valence-corrected chi connectivity index (χ1v) is 10.5. The van der Waals surface area contributed by atoms with E-state index in [0.29, 0.717) is 10.1 Å². The number of hydrogen-bond acceptors (Lipinski definition) is 9. The highest BCUT2D eigenvalue weighted by Crippen LogP contribution is 2.43. The second kappa shape index (κ2) is 8.99. The van der Waals surface area contributed by atoms with Crippen LogP contribution in [0.3, 0.4) is 0 Å². The molecule has 0 spiro atoms. The van der Waals surface area contributed by atoms with Crippen molar-refractivity contribution in [2.75, 3.05) is 14.2 Å². The van der Waals surface area contributed by atoms with Crippen LogP contribution in [0.4, 0.5) is 11.4 Å². The number of methoxy groups -OCH3 is 2. The van der Waals surface area contributed by atoms with E-state index in [2.05, 4.69) is 0 Å². The fourth-order valence-electron chi connectivity index (χ4n) is 2.41. The molecule has 0 amide bonds. The number of nitrogens with zero attached hydrogens (tertiary/aromatic N) is 2. The predicted octanol–water partition coefficient (Wildman–Crippen LogP) is 6.05. The second-order valence-electron chi connectivity index (χ2n) is 5.43. The molecule has 150 valence electrons. The Morgan fingerprint density at radius 1 is 0.724 bits per heavy atom. The van der Waals surface area contributed by atoms with E-state index in [4.69, 9.17) is 9.47 Å². The summed E-state index contributed by atoms with van der Waals surface area (Å²) in [7, 11) is 3.10. The summed E-state index contributed by atoms with van der Waals surface area (Å²) in [5.74, 6) is 0. The highest BCUT2D eigenvalue weighted by molar-refractivity contribution is 7.16. The summed E-state index contributed by atoms with van der Waals surface area (Å²) in [5.41, 5.74) is -1.02. The summed E-state index contributed by atoms with van der Waals surface area (Å²) in [5, 5.41) is 24.5. The van der Waals surface area contributed by atoms with Crippen LogP contribution in [0.15, 0.2) is 24.3 Å². The Bertz CT molecular complexity index is 1020. The molecule has 0 saturated carbocycles. The monoisotopic (exact) mass is 450 g/mol. The first kappa shape index (κ1) is 20.7. The smallest absolute Gasteiger partial charge is 0.364 e. The lowest BCUT2D eigenvalue weighted by atomic mass is 10.2. The van der Waals surface area contributed by atoms with Crippen molar-refractivity contribution in [3.63, 3.8) is 0 Å². The van der Waals surface area contributed by atoms with Gasteiger partial charge in [-0.1, -0.05) is 22.7 Å². The third-order valence-electron chi connectivity index (χ3n) is 3.68. The molecule has 0 aromatic carbocycles. The second-order valence-corrected chi connectivity index (χ2v) is 8.67. The van der Waals surface area contributed by atoms with Gasteiger partial charge in [-0.3, -0.25) is 20.2 Å². The minimum absolute atomic E-state index is 0.206. The molecular weight excluding hydrogens is 436 g/mol. The zero-order valence-electron chi connectivity index (χ0n) is 15.2. The molecule has 29 heavy (non-hydrogen) atoms. The van der Waals surface area contributed by atoms with Gasteiger partial charge in [0, 0.05) is 9.75 Å². The SMILES string of the molecule is COc1ccc(C=Cc2sc(C=Cc3ccc(OC)s3)c([N+](=O)[O-])c2[N+](=O)[O-])s1. The van der Waals surface area contributed by atoms with E-state index < -0.39 is 21.2 Å². The van der Waals surface area contributed by atoms with E-state index in [1.807, 2.05) is 0 Å². The van der Waals surface area contributed by atoms with Crippen molar-refractivity contribution < 1.29 is 19.3 Å². The normalized spacial score (nSPS) is 11.4. The summed E-state index contributed by atoms with van der Waals surface area (Å²) >= 11 is 3.72. The lowest BCUT2D eigenvalue weighted by Crippen LogP contribution is -1.95. The molecule has 0 fully saturated rings. The van der Waals surface area contributed by atoms with Crippen molar-refractivity contribution in [1.29, 1.82) is 0 Å². The van der Waals surface area contributed by atoms with Gasteiger partial charge in [-0.25, -0.2) is 0 Å². The average Bonchev–Trinajstić information content (AvgIpc) is 3.41. The Kier molecular flexibility index (Phi) is 6.42. The van der Waals surface area contributed by atoms with Gasteiger partial charge in [0.05, 0.1) is 24.1 Å². The molecule has 0 unspecified atom stereocenters. The van der Waals surface area contributed by atoms with E-state index in [-0.39, 0.29) is 9.75 Å². The number of hydrogen-bond donors (Lipinski definition) is 0. The van der Waals surface area contributed by atoms with Crippen LogP contribution in [-0.4, -0.2) is 24.1 Å². The van der Waals surface area contributed by atoms with Gasteiger partial charge in [0.25, 0.3) is 0 Å². The molecule has 0 aliphatic heterocycles. The molecule has 0 bridgehead atoms. The minimum Gasteiger partial charge on any atom is -0.487 e. The van der Waals surface area contributed by atoms with Crippen molar-refractivity contribution in [2.45, 2.75) is 0 Å². The first-order valence-electron chi connectivity index (χ1n) is 8.02. The summed E-state index contributed by atoms with van der Waals surface area (Å²) in [6, 6.07) is 7.16. The maximum absolute atomic E-state index is 11.6. The summed E-state index contributed by atoms with van der Waals surface area (Å²) in [6.45, 7) is 0. The van der Waals surface area contributed by atoms with Crippen LogP contribution in [-0.2, 0) is 0 Å². The lowest BCUT2D eigenvalue weighted by molar-refractivity contribution is -0.421. The van der Waals surface area contributed by atoms with Gasteiger partial charge < -0.3 is 9.47 Å². The molecule has 0 radical (unpaired) electrons. The number of rotatable bonds is 8. The van der Waals surface area contributed by atoms with E-state index in [1.54, 1.807) is 50.6 Å². The third kappa shape index (κ3) is 4.70. The van der Waals surface area contributed by atoms with Crippen molar-refractivity contribution in [3.05, 3.63) is 64.0 Å². The number of ether oxygens (including phenoxy) is 2. The quantitative estimate of drug-likeness (QED) is 0.306. The topological polar surface area (TPSA) is 105 Å². The molecule has 0 atom stereocenters. The van der Waals surface area contributed by atoms with Gasteiger partial charge in [0.15, 0.2) is 10.1 Å². The van der Waals surface area contributed by atoms with Gasteiger partial charge in [-0.15, -0.1) is 11.3 Å². The Labute approximate surface area is 177 Å². The molecule has 0 aliphatic rings. The van der Waals surface area contributed by atoms with Crippen molar-refractivity contribution >= 4 is 69.7 Å². The number of nitro groups is 2. The van der Waals surface area contributed by atoms with Gasteiger partial charge in [0.1, 0.15) is 9.75 Å². The Morgan fingerprint density at radius 2 is 1.14 bits per heavy atom. The maximum atomic E-state index is 11.6. The maximum Gasteiger partial charge on any atom is 0.364 e. The molecule has 11 heteroatoms. The third-order valence-corrected chi connectivity index (χ3v) is 6.80.